The topological polar surface area (TPSA) is 107 Å². The zero-order chi connectivity index (χ0) is 26.7. The fraction of sp³-hybridized carbons (Fsp3) is 0.714. The second kappa shape index (κ2) is 19.2. The zero-order valence-corrected chi connectivity index (χ0v) is 23.0. The fourth-order valence-corrected chi connectivity index (χ4v) is 4.15. The van der Waals surface area contributed by atoms with Crippen LogP contribution in [-0.4, -0.2) is 43.4 Å². The molecule has 1 aromatic carbocycles. The van der Waals surface area contributed by atoms with Gasteiger partial charge < -0.3 is 9.47 Å². The highest BCUT2D eigenvalue weighted by Crippen LogP contribution is 2.15. The molecule has 0 aliphatic rings. The third-order valence-electron chi connectivity index (χ3n) is 6.31. The average molecular weight is 527 g/mol. The van der Waals surface area contributed by atoms with Gasteiger partial charge in [-0.3, -0.25) is 4.55 Å². The number of carbonyl (C=O) groups is 2. The molecule has 7 nitrogen and oxygen atoms in total. The molecule has 0 saturated heterocycles. The minimum atomic E-state index is -4.31. The van der Waals surface area contributed by atoms with Gasteiger partial charge in [-0.15, -0.1) is 0 Å². The number of benzene rings is 1. The summed E-state index contributed by atoms with van der Waals surface area (Å²) in [6.07, 6.45) is 18.9. The van der Waals surface area contributed by atoms with Crippen LogP contribution in [0.4, 0.5) is 0 Å². The van der Waals surface area contributed by atoms with Gasteiger partial charge in [-0.2, -0.15) is 8.42 Å². The molecule has 1 atom stereocenters. The van der Waals surface area contributed by atoms with Crippen LogP contribution in [0.2, 0.25) is 0 Å². The number of rotatable bonds is 21. The Morgan fingerprint density at radius 3 is 1.53 bits per heavy atom. The van der Waals surface area contributed by atoms with E-state index in [0.29, 0.717) is 0 Å². The van der Waals surface area contributed by atoms with Crippen molar-refractivity contribution in [3.05, 3.63) is 35.4 Å². The van der Waals surface area contributed by atoms with Crippen molar-refractivity contribution in [2.45, 2.75) is 115 Å². The Balaban J connectivity index is 2.15. The molecule has 1 rings (SSSR count). The van der Waals surface area contributed by atoms with Crippen molar-refractivity contribution in [3.63, 3.8) is 0 Å². The lowest BCUT2D eigenvalue weighted by Gasteiger charge is -2.12. The molecule has 1 N–H and O–H groups in total. The van der Waals surface area contributed by atoms with Crippen LogP contribution in [-0.2, 0) is 19.6 Å². The minimum absolute atomic E-state index is 0.00142. The molecule has 0 aliphatic heterocycles. The summed E-state index contributed by atoms with van der Waals surface area (Å²) in [5.41, 5.74) is 0.0736. The van der Waals surface area contributed by atoms with Gasteiger partial charge >= 0.3 is 11.9 Å². The molecule has 8 heteroatoms. The number of ether oxygens (including phenoxy) is 2. The van der Waals surface area contributed by atoms with Crippen LogP contribution in [0.25, 0.3) is 0 Å². The van der Waals surface area contributed by atoms with Crippen LogP contribution >= 0.6 is 0 Å². The van der Waals surface area contributed by atoms with Crippen LogP contribution in [0.15, 0.2) is 24.3 Å². The van der Waals surface area contributed by atoms with E-state index in [0.717, 1.165) is 19.3 Å². The monoisotopic (exact) mass is 526 g/mol. The molecule has 0 aliphatic carbocycles. The maximum atomic E-state index is 12.4. The first-order chi connectivity index (χ1) is 17.3. The first-order valence-corrected chi connectivity index (χ1v) is 15.2. The second-order valence-corrected chi connectivity index (χ2v) is 11.4. The van der Waals surface area contributed by atoms with Gasteiger partial charge in [-0.1, -0.05) is 109 Å². The van der Waals surface area contributed by atoms with E-state index in [4.69, 9.17) is 14.0 Å². The lowest BCUT2D eigenvalue weighted by atomic mass is 10.0. The van der Waals surface area contributed by atoms with Crippen molar-refractivity contribution in [3.8, 4) is 0 Å². The highest BCUT2D eigenvalue weighted by molar-refractivity contribution is 7.86. The molecule has 0 aromatic heterocycles. The largest absolute Gasteiger partial charge is 0.462 e. The fourth-order valence-electron chi connectivity index (χ4n) is 3.91. The molecule has 0 fully saturated rings. The standard InChI is InChI=1S/C28H46O7S/c1-3-4-5-6-7-8-9-10-11-12-13-14-15-16-19-22-34-27(29)25-20-17-18-21-26(25)28(30)35-23-24(2)36(31,32)33/h17-18,20-21,24H,3-16,19,22-23H2,1-2H3,(H,31,32,33). The highest BCUT2D eigenvalue weighted by atomic mass is 32.2. The predicted octanol–water partition coefficient (Wildman–Crippen LogP) is 7.15. The van der Waals surface area contributed by atoms with E-state index < -0.39 is 33.9 Å². The average Bonchev–Trinajstić information content (AvgIpc) is 2.86. The summed E-state index contributed by atoms with van der Waals surface area (Å²) < 4.78 is 41.4. The highest BCUT2D eigenvalue weighted by Gasteiger charge is 2.23. The maximum absolute atomic E-state index is 12.4. The van der Waals surface area contributed by atoms with Crippen LogP contribution in [0.1, 0.15) is 131 Å². The Morgan fingerprint density at radius 1 is 0.722 bits per heavy atom. The van der Waals surface area contributed by atoms with E-state index in [1.807, 2.05) is 0 Å². The van der Waals surface area contributed by atoms with Gasteiger partial charge in [0, 0.05) is 0 Å². The number of hydrogen-bond donors (Lipinski definition) is 1. The molecule has 0 spiro atoms. The van der Waals surface area contributed by atoms with Crippen LogP contribution < -0.4 is 0 Å². The summed E-state index contributed by atoms with van der Waals surface area (Å²) in [5, 5.41) is -1.26. The van der Waals surface area contributed by atoms with Gasteiger partial charge in [0.2, 0.25) is 0 Å². The zero-order valence-electron chi connectivity index (χ0n) is 22.2. The van der Waals surface area contributed by atoms with Crippen molar-refractivity contribution in [2.75, 3.05) is 13.2 Å². The third kappa shape index (κ3) is 14.6. The van der Waals surface area contributed by atoms with Crippen LogP contribution in [0.3, 0.4) is 0 Å². The smallest absolute Gasteiger partial charge is 0.339 e. The van der Waals surface area contributed by atoms with Gasteiger partial charge in [0.05, 0.1) is 17.7 Å². The van der Waals surface area contributed by atoms with Gasteiger partial charge in [0.1, 0.15) is 11.9 Å². The van der Waals surface area contributed by atoms with Crippen LogP contribution in [0, 0.1) is 0 Å². The Bertz CT molecular complexity index is 851. The van der Waals surface area contributed by atoms with E-state index in [1.54, 1.807) is 12.1 Å². The second-order valence-electron chi connectivity index (χ2n) is 9.56. The number of carbonyl (C=O) groups excluding carboxylic acids is 2. The van der Waals surface area contributed by atoms with E-state index >= 15 is 0 Å². The maximum Gasteiger partial charge on any atom is 0.339 e. The third-order valence-corrected chi connectivity index (χ3v) is 7.46. The molecule has 36 heavy (non-hydrogen) atoms. The summed E-state index contributed by atoms with van der Waals surface area (Å²) in [6.45, 7) is 3.24. The van der Waals surface area contributed by atoms with Gasteiger partial charge in [-0.05, 0) is 25.5 Å². The van der Waals surface area contributed by atoms with Gasteiger partial charge in [0.25, 0.3) is 10.1 Å². The Kier molecular flexibility index (Phi) is 17.1. The molecule has 206 valence electrons. The summed E-state index contributed by atoms with van der Waals surface area (Å²) in [5.74, 6) is -1.46. The quantitative estimate of drug-likeness (QED) is 0.103. The van der Waals surface area contributed by atoms with Crippen molar-refractivity contribution in [1.29, 1.82) is 0 Å². The van der Waals surface area contributed by atoms with Crippen LogP contribution in [0.5, 0.6) is 0 Å². The minimum Gasteiger partial charge on any atom is -0.462 e. The summed E-state index contributed by atoms with van der Waals surface area (Å²) in [7, 11) is -4.31. The molecule has 0 saturated carbocycles. The molecular formula is C28H46O7S. The normalized spacial score (nSPS) is 12.3. The number of hydrogen-bond acceptors (Lipinski definition) is 6. The lowest BCUT2D eigenvalue weighted by Crippen LogP contribution is -2.25. The molecule has 0 amide bonds. The molecule has 0 heterocycles. The van der Waals surface area contributed by atoms with Crippen molar-refractivity contribution in [1.82, 2.24) is 0 Å². The number of unbranched alkanes of at least 4 members (excludes halogenated alkanes) is 14. The Labute approximate surface area is 218 Å². The van der Waals surface area contributed by atoms with E-state index in [9.17, 15) is 18.0 Å². The number of esters is 2. The lowest BCUT2D eigenvalue weighted by molar-refractivity contribution is 0.0454. The molecule has 1 unspecified atom stereocenters. The Morgan fingerprint density at radius 2 is 1.11 bits per heavy atom. The summed E-state index contributed by atoms with van der Waals surface area (Å²) in [4.78, 5) is 24.8. The van der Waals surface area contributed by atoms with E-state index in [1.165, 1.54) is 96.1 Å². The van der Waals surface area contributed by atoms with E-state index in [-0.39, 0.29) is 17.7 Å². The molecule has 1 aromatic rings. The van der Waals surface area contributed by atoms with Crippen molar-refractivity contribution < 1.29 is 32.0 Å². The first kappa shape index (κ1) is 32.1. The predicted molar refractivity (Wildman–Crippen MR) is 143 cm³/mol. The molecule has 0 radical (unpaired) electrons. The Hall–Kier alpha value is -1.93. The molecular weight excluding hydrogens is 480 g/mol. The van der Waals surface area contributed by atoms with Gasteiger partial charge in [0.15, 0.2) is 0 Å². The van der Waals surface area contributed by atoms with Crippen molar-refractivity contribution in [2.24, 2.45) is 0 Å². The molecule has 0 bridgehead atoms. The first-order valence-electron chi connectivity index (χ1n) is 13.7. The summed E-state index contributed by atoms with van der Waals surface area (Å²) in [6, 6.07) is 6.08. The SMILES string of the molecule is CCCCCCCCCCCCCCCCCOC(=O)c1ccccc1C(=O)OCC(C)S(=O)(=O)O. The van der Waals surface area contributed by atoms with Crippen molar-refractivity contribution >= 4 is 22.1 Å². The van der Waals surface area contributed by atoms with Gasteiger partial charge in [-0.25, -0.2) is 9.59 Å². The summed E-state index contributed by atoms with van der Waals surface area (Å²) >= 11 is 0. The van der Waals surface area contributed by atoms with E-state index in [2.05, 4.69) is 6.92 Å².